The quantitative estimate of drug-likeness (QED) is 0.355. The Morgan fingerprint density at radius 1 is 1.14 bits per heavy atom. The van der Waals surface area contributed by atoms with Gasteiger partial charge in [0.2, 0.25) is 5.91 Å². The second-order valence-electron chi connectivity index (χ2n) is 7.03. The number of amides is 5. The van der Waals surface area contributed by atoms with E-state index >= 15 is 0 Å². The van der Waals surface area contributed by atoms with E-state index in [2.05, 4.69) is 5.32 Å². The van der Waals surface area contributed by atoms with E-state index in [-0.39, 0.29) is 23.3 Å². The lowest BCUT2D eigenvalue weighted by atomic mass is 9.85. The second-order valence-corrected chi connectivity index (χ2v) is 7.03. The third-order valence-electron chi connectivity index (χ3n) is 5.15. The number of non-ortho nitro benzene ring substituents is 1. The van der Waals surface area contributed by atoms with Crippen LogP contribution in [0.1, 0.15) is 32.6 Å². The molecule has 10 heteroatoms. The van der Waals surface area contributed by atoms with Gasteiger partial charge in [0.25, 0.3) is 5.69 Å². The molecule has 1 aliphatic heterocycles. The van der Waals surface area contributed by atoms with E-state index in [0.717, 1.165) is 24.2 Å². The molecule has 1 N–H and O–H groups in total. The summed E-state index contributed by atoms with van der Waals surface area (Å²) in [4.78, 5) is 61.1. The first kappa shape index (κ1) is 19.5. The molecule has 1 aromatic carbocycles. The van der Waals surface area contributed by atoms with Crippen molar-refractivity contribution in [1.82, 2.24) is 9.80 Å². The molecule has 148 valence electrons. The Labute approximate surface area is 160 Å². The van der Waals surface area contributed by atoms with Gasteiger partial charge in [-0.05, 0) is 30.9 Å². The number of benzene rings is 1. The maximum Gasteiger partial charge on any atom is 0.334 e. The van der Waals surface area contributed by atoms with E-state index in [1.807, 2.05) is 6.92 Å². The number of nitrogens with zero attached hydrogens (tertiary/aromatic N) is 3. The fourth-order valence-corrected chi connectivity index (χ4v) is 3.65. The number of hydrogen-bond acceptors (Lipinski definition) is 6. The second kappa shape index (κ2) is 7.75. The van der Waals surface area contributed by atoms with Crippen molar-refractivity contribution in [1.29, 1.82) is 0 Å². The van der Waals surface area contributed by atoms with Gasteiger partial charge in [0.1, 0.15) is 6.54 Å². The molecule has 0 unspecified atom stereocenters. The number of hydrogen-bond donors (Lipinski definition) is 1. The molecular weight excluding hydrogens is 368 g/mol. The lowest BCUT2D eigenvalue weighted by molar-refractivity contribution is -0.384. The number of imide groups is 2. The molecule has 1 heterocycles. The Bertz CT molecular complexity index is 837. The van der Waals surface area contributed by atoms with Crippen molar-refractivity contribution in [2.45, 2.75) is 38.6 Å². The lowest BCUT2D eigenvalue weighted by Gasteiger charge is -2.34. The first-order chi connectivity index (χ1) is 13.3. The van der Waals surface area contributed by atoms with E-state index in [4.69, 9.17) is 0 Å². The summed E-state index contributed by atoms with van der Waals surface area (Å²) in [5, 5.41) is 13.1. The van der Waals surface area contributed by atoms with Gasteiger partial charge in [-0.1, -0.05) is 19.8 Å². The molecule has 2 atom stereocenters. The summed E-state index contributed by atoms with van der Waals surface area (Å²) in [5.41, 5.74) is 0.143. The zero-order valence-electron chi connectivity index (χ0n) is 15.3. The van der Waals surface area contributed by atoms with Crippen molar-refractivity contribution in [3.8, 4) is 0 Å². The van der Waals surface area contributed by atoms with Crippen LogP contribution in [0.4, 0.5) is 16.2 Å². The van der Waals surface area contributed by atoms with Gasteiger partial charge in [-0.15, -0.1) is 0 Å². The zero-order chi connectivity index (χ0) is 20.4. The van der Waals surface area contributed by atoms with Crippen molar-refractivity contribution in [2.75, 3.05) is 11.9 Å². The van der Waals surface area contributed by atoms with Gasteiger partial charge < -0.3 is 5.32 Å². The van der Waals surface area contributed by atoms with Gasteiger partial charge in [-0.25, -0.2) is 9.69 Å². The van der Waals surface area contributed by atoms with Gasteiger partial charge >= 0.3 is 17.8 Å². The SMILES string of the molecule is C[C@@H]1CCCC[C@H]1N1C(=O)C(=O)N(CC(=O)Nc2ccc([N+](=O)[O-])cc2)C1=O. The Morgan fingerprint density at radius 2 is 1.79 bits per heavy atom. The van der Waals surface area contributed by atoms with Crippen LogP contribution in [0.15, 0.2) is 24.3 Å². The fraction of sp³-hybridized carbons (Fsp3) is 0.444. The standard InChI is InChI=1S/C18H20N4O6/c1-11-4-2-3-5-14(11)21-17(25)16(24)20(18(21)26)10-15(23)19-12-6-8-13(9-7-12)22(27)28/h6-9,11,14H,2-5,10H2,1H3,(H,19,23)/t11-,14-/m1/s1. The van der Waals surface area contributed by atoms with Crippen LogP contribution in [0.5, 0.6) is 0 Å². The molecular formula is C18H20N4O6. The summed E-state index contributed by atoms with van der Waals surface area (Å²) in [6, 6.07) is 4.01. The first-order valence-corrected chi connectivity index (χ1v) is 9.03. The summed E-state index contributed by atoms with van der Waals surface area (Å²) in [6.07, 6.45) is 3.41. The molecule has 3 rings (SSSR count). The molecule has 1 aliphatic carbocycles. The van der Waals surface area contributed by atoms with Crippen LogP contribution < -0.4 is 5.32 Å². The molecule has 0 spiro atoms. The fourth-order valence-electron chi connectivity index (χ4n) is 3.65. The van der Waals surface area contributed by atoms with Crippen LogP contribution >= 0.6 is 0 Å². The molecule has 1 saturated carbocycles. The van der Waals surface area contributed by atoms with E-state index in [1.165, 1.54) is 24.3 Å². The van der Waals surface area contributed by atoms with Crippen molar-refractivity contribution in [3.05, 3.63) is 34.4 Å². The van der Waals surface area contributed by atoms with Crippen molar-refractivity contribution < 1.29 is 24.1 Å². The maximum absolute atomic E-state index is 12.6. The van der Waals surface area contributed by atoms with Crippen LogP contribution in [-0.4, -0.2) is 51.1 Å². The summed E-state index contributed by atoms with van der Waals surface area (Å²) < 4.78 is 0. The number of carbonyl (C=O) groups excluding carboxylic acids is 4. The zero-order valence-corrected chi connectivity index (χ0v) is 15.3. The van der Waals surface area contributed by atoms with Gasteiger partial charge in [-0.2, -0.15) is 0 Å². The number of nitro groups is 1. The minimum atomic E-state index is -1.01. The molecule has 1 aromatic rings. The maximum atomic E-state index is 12.6. The van der Waals surface area contributed by atoms with Gasteiger partial charge in [-0.3, -0.25) is 29.4 Å². The molecule has 28 heavy (non-hydrogen) atoms. The largest absolute Gasteiger partial charge is 0.334 e. The Morgan fingerprint density at radius 3 is 2.39 bits per heavy atom. The average Bonchev–Trinajstić information content (AvgIpc) is 2.86. The van der Waals surface area contributed by atoms with Crippen molar-refractivity contribution in [3.63, 3.8) is 0 Å². The highest BCUT2D eigenvalue weighted by Gasteiger charge is 2.49. The molecule has 5 amide bonds. The number of nitro benzene ring substituents is 1. The van der Waals surface area contributed by atoms with Gasteiger partial charge in [0, 0.05) is 23.9 Å². The first-order valence-electron chi connectivity index (χ1n) is 9.03. The van der Waals surface area contributed by atoms with Gasteiger partial charge in [0.15, 0.2) is 0 Å². The van der Waals surface area contributed by atoms with Crippen LogP contribution in [0.25, 0.3) is 0 Å². The van der Waals surface area contributed by atoms with Gasteiger partial charge in [0.05, 0.1) is 4.92 Å². The number of rotatable bonds is 5. The Kier molecular flexibility index (Phi) is 5.39. The third-order valence-corrected chi connectivity index (χ3v) is 5.15. The van der Waals surface area contributed by atoms with E-state index in [9.17, 15) is 29.3 Å². The van der Waals surface area contributed by atoms with Crippen LogP contribution in [0, 0.1) is 16.0 Å². The average molecular weight is 388 g/mol. The molecule has 0 aromatic heterocycles. The molecule has 0 radical (unpaired) electrons. The normalized spacial score (nSPS) is 22.5. The summed E-state index contributed by atoms with van der Waals surface area (Å²) >= 11 is 0. The molecule has 2 aliphatic rings. The monoisotopic (exact) mass is 388 g/mol. The number of carbonyl (C=O) groups is 4. The molecule has 10 nitrogen and oxygen atoms in total. The van der Waals surface area contributed by atoms with E-state index < -0.39 is 35.2 Å². The molecule has 0 bridgehead atoms. The Hall–Kier alpha value is -3.30. The van der Waals surface area contributed by atoms with Crippen LogP contribution in [0.3, 0.4) is 0 Å². The predicted molar refractivity (Wildman–Crippen MR) is 97.1 cm³/mol. The summed E-state index contributed by atoms with van der Waals surface area (Å²) in [5.74, 6) is -2.49. The third kappa shape index (κ3) is 3.71. The highest BCUT2D eigenvalue weighted by molar-refractivity contribution is 6.45. The van der Waals surface area contributed by atoms with E-state index in [1.54, 1.807) is 0 Å². The molecule has 1 saturated heterocycles. The molecule has 2 fully saturated rings. The van der Waals surface area contributed by atoms with Crippen LogP contribution in [-0.2, 0) is 14.4 Å². The van der Waals surface area contributed by atoms with Crippen molar-refractivity contribution in [2.24, 2.45) is 5.92 Å². The highest BCUT2D eigenvalue weighted by Crippen LogP contribution is 2.31. The minimum absolute atomic E-state index is 0.100. The summed E-state index contributed by atoms with van der Waals surface area (Å²) in [7, 11) is 0. The van der Waals surface area contributed by atoms with E-state index in [0.29, 0.717) is 11.3 Å². The lowest BCUT2D eigenvalue weighted by Crippen LogP contribution is -2.46. The highest BCUT2D eigenvalue weighted by atomic mass is 16.6. The van der Waals surface area contributed by atoms with Crippen LogP contribution in [0.2, 0.25) is 0 Å². The summed E-state index contributed by atoms with van der Waals surface area (Å²) in [6.45, 7) is 1.34. The topological polar surface area (TPSA) is 130 Å². The van der Waals surface area contributed by atoms with Crippen molar-refractivity contribution >= 4 is 35.1 Å². The number of nitrogens with one attached hydrogen (secondary N) is 1. The smallest absolute Gasteiger partial charge is 0.325 e. The number of anilines is 1. The Balaban J connectivity index is 1.67. The number of urea groups is 1. The minimum Gasteiger partial charge on any atom is -0.325 e. The predicted octanol–water partition coefficient (Wildman–Crippen LogP) is 1.90.